The van der Waals surface area contributed by atoms with Gasteiger partial charge in [-0.05, 0) is 36.5 Å². The van der Waals surface area contributed by atoms with Crippen LogP contribution in [0.25, 0.3) is 17.3 Å². The van der Waals surface area contributed by atoms with Gasteiger partial charge < -0.3 is 14.6 Å². The van der Waals surface area contributed by atoms with Crippen LogP contribution >= 0.6 is 12.2 Å². The molecule has 2 aromatic rings. The Morgan fingerprint density at radius 1 is 1.20 bits per heavy atom. The van der Waals surface area contributed by atoms with Crippen molar-refractivity contribution in [2.45, 2.75) is 13.0 Å². The summed E-state index contributed by atoms with van der Waals surface area (Å²) < 4.78 is 12.0. The van der Waals surface area contributed by atoms with Crippen molar-refractivity contribution < 1.29 is 29.0 Å². The number of aromatic nitrogens is 2. The van der Waals surface area contributed by atoms with Gasteiger partial charge in [0, 0.05) is 17.3 Å². The van der Waals surface area contributed by atoms with E-state index in [-0.39, 0.29) is 23.7 Å². The van der Waals surface area contributed by atoms with E-state index in [1.54, 1.807) is 24.4 Å². The summed E-state index contributed by atoms with van der Waals surface area (Å²) in [6.07, 6.45) is 2.80. The standard InChI is InChI=1S/C19H18N4O6S/c1-28-13-4-3-10(8-14(13)29-2)16-11(9-23(22-16)6-5-15(24)25)7-12-17(26)20-19(30)21-18(12)27/h3-4,7-9H,5-6H2,1-2H3,(H,24,25)(H2,20,21,26,27,30). The summed E-state index contributed by atoms with van der Waals surface area (Å²) in [5.41, 5.74) is 1.35. The summed E-state index contributed by atoms with van der Waals surface area (Å²) in [6.45, 7) is 0.112. The number of amides is 2. The monoisotopic (exact) mass is 430 g/mol. The molecule has 10 nitrogen and oxygen atoms in total. The average molecular weight is 430 g/mol. The van der Waals surface area contributed by atoms with E-state index < -0.39 is 17.8 Å². The third-order valence-electron chi connectivity index (χ3n) is 4.24. The smallest absolute Gasteiger partial charge is 0.305 e. The number of rotatable bonds is 7. The van der Waals surface area contributed by atoms with Gasteiger partial charge in [-0.1, -0.05) is 0 Å². The number of carbonyl (C=O) groups is 3. The molecule has 1 saturated heterocycles. The number of carbonyl (C=O) groups excluding carboxylic acids is 2. The van der Waals surface area contributed by atoms with E-state index in [4.69, 9.17) is 26.8 Å². The van der Waals surface area contributed by atoms with E-state index in [1.807, 2.05) is 0 Å². The first kappa shape index (κ1) is 21.0. The van der Waals surface area contributed by atoms with Gasteiger partial charge in [-0.25, -0.2) is 0 Å². The molecule has 11 heteroatoms. The Labute approximate surface area is 176 Å². The highest BCUT2D eigenvalue weighted by Gasteiger charge is 2.26. The first-order valence-electron chi connectivity index (χ1n) is 8.72. The number of carboxylic acids is 1. The van der Waals surface area contributed by atoms with Crippen molar-refractivity contribution in [3.63, 3.8) is 0 Å². The van der Waals surface area contributed by atoms with Gasteiger partial charge in [-0.15, -0.1) is 0 Å². The summed E-state index contributed by atoms with van der Waals surface area (Å²) >= 11 is 4.81. The quantitative estimate of drug-likeness (QED) is 0.336. The molecule has 3 N–H and O–H groups in total. The van der Waals surface area contributed by atoms with E-state index in [0.29, 0.717) is 28.3 Å². The molecule has 1 aromatic carbocycles. The van der Waals surface area contributed by atoms with Crippen LogP contribution in [0.15, 0.2) is 30.0 Å². The van der Waals surface area contributed by atoms with E-state index >= 15 is 0 Å². The maximum Gasteiger partial charge on any atom is 0.305 e. The van der Waals surface area contributed by atoms with E-state index in [0.717, 1.165) is 0 Å². The lowest BCUT2D eigenvalue weighted by Crippen LogP contribution is -2.51. The molecule has 0 unspecified atom stereocenters. The van der Waals surface area contributed by atoms with Gasteiger partial charge in [0.1, 0.15) is 5.57 Å². The van der Waals surface area contributed by atoms with Gasteiger partial charge in [0.25, 0.3) is 11.8 Å². The number of nitrogens with one attached hydrogen (secondary N) is 2. The largest absolute Gasteiger partial charge is 0.493 e. The first-order valence-corrected chi connectivity index (χ1v) is 9.13. The topological polar surface area (TPSA) is 132 Å². The highest BCUT2D eigenvalue weighted by molar-refractivity contribution is 7.80. The number of thiocarbonyl (C=S) groups is 1. The minimum absolute atomic E-state index is 0.0700. The van der Waals surface area contributed by atoms with Crippen LogP contribution in [0.4, 0.5) is 0 Å². The van der Waals surface area contributed by atoms with Crippen LogP contribution in [-0.4, -0.2) is 52.0 Å². The number of aliphatic carboxylic acids is 1. The summed E-state index contributed by atoms with van der Waals surface area (Å²) in [5, 5.41) is 18.1. The highest BCUT2D eigenvalue weighted by atomic mass is 32.1. The zero-order valence-corrected chi connectivity index (χ0v) is 16.9. The van der Waals surface area contributed by atoms with Crippen LogP contribution in [0.2, 0.25) is 0 Å². The fraction of sp³-hybridized carbons (Fsp3) is 0.211. The predicted molar refractivity (Wildman–Crippen MR) is 110 cm³/mol. The Bertz CT molecular complexity index is 1050. The van der Waals surface area contributed by atoms with E-state index in [9.17, 15) is 14.4 Å². The number of aryl methyl sites for hydroxylation is 1. The minimum Gasteiger partial charge on any atom is -0.493 e. The van der Waals surface area contributed by atoms with Crippen LogP contribution in [0.1, 0.15) is 12.0 Å². The van der Waals surface area contributed by atoms with Crippen LogP contribution in [0.3, 0.4) is 0 Å². The Morgan fingerprint density at radius 3 is 2.47 bits per heavy atom. The normalized spacial score (nSPS) is 13.5. The zero-order chi connectivity index (χ0) is 21.8. The van der Waals surface area contributed by atoms with Crippen LogP contribution in [-0.2, 0) is 20.9 Å². The molecule has 0 radical (unpaired) electrons. The maximum atomic E-state index is 12.2. The van der Waals surface area contributed by atoms with Gasteiger partial charge in [0.15, 0.2) is 16.6 Å². The van der Waals surface area contributed by atoms with Crippen molar-refractivity contribution in [2.24, 2.45) is 0 Å². The number of methoxy groups -OCH3 is 2. The van der Waals surface area contributed by atoms with Crippen molar-refractivity contribution in [3.8, 4) is 22.8 Å². The Hall–Kier alpha value is -3.73. The number of ether oxygens (including phenoxy) is 2. The number of hydrogen-bond acceptors (Lipinski definition) is 7. The lowest BCUT2D eigenvalue weighted by atomic mass is 10.0. The summed E-state index contributed by atoms with van der Waals surface area (Å²) in [6, 6.07) is 5.13. The summed E-state index contributed by atoms with van der Waals surface area (Å²) in [4.78, 5) is 35.3. The minimum atomic E-state index is -0.974. The SMILES string of the molecule is COc1ccc(-c2nn(CCC(=O)O)cc2C=C2C(=O)NC(=S)NC2=O)cc1OC. The van der Waals surface area contributed by atoms with Crippen LogP contribution in [0.5, 0.6) is 11.5 Å². The lowest BCUT2D eigenvalue weighted by molar-refractivity contribution is -0.137. The molecule has 1 aliphatic heterocycles. The van der Waals surface area contributed by atoms with Gasteiger partial charge in [0.2, 0.25) is 0 Å². The van der Waals surface area contributed by atoms with Gasteiger partial charge in [-0.2, -0.15) is 5.10 Å². The fourth-order valence-electron chi connectivity index (χ4n) is 2.84. The molecule has 1 fully saturated rings. The molecule has 2 amide bonds. The van der Waals surface area contributed by atoms with Crippen LogP contribution in [0, 0.1) is 0 Å². The van der Waals surface area contributed by atoms with Crippen molar-refractivity contribution in [1.29, 1.82) is 0 Å². The third kappa shape index (κ3) is 4.46. The number of hydrogen-bond donors (Lipinski definition) is 3. The summed E-state index contributed by atoms with van der Waals surface area (Å²) in [7, 11) is 3.01. The lowest BCUT2D eigenvalue weighted by Gasteiger charge is -2.16. The van der Waals surface area contributed by atoms with Crippen molar-refractivity contribution in [3.05, 3.63) is 35.5 Å². The zero-order valence-electron chi connectivity index (χ0n) is 16.1. The average Bonchev–Trinajstić information content (AvgIpc) is 3.11. The molecule has 0 aliphatic carbocycles. The molecule has 2 heterocycles. The number of benzene rings is 1. The molecule has 0 atom stereocenters. The number of carboxylic acid groups (broad SMARTS) is 1. The molecule has 0 bridgehead atoms. The molecular formula is C19H18N4O6S. The van der Waals surface area contributed by atoms with Crippen LogP contribution < -0.4 is 20.1 Å². The molecular weight excluding hydrogens is 412 g/mol. The molecule has 156 valence electrons. The Kier molecular flexibility index (Phi) is 6.11. The second kappa shape index (κ2) is 8.74. The molecule has 3 rings (SSSR count). The van der Waals surface area contributed by atoms with E-state index in [2.05, 4.69) is 15.7 Å². The van der Waals surface area contributed by atoms with Crippen molar-refractivity contribution >= 4 is 41.2 Å². The van der Waals surface area contributed by atoms with Gasteiger partial charge in [0.05, 0.1) is 32.9 Å². The third-order valence-corrected chi connectivity index (χ3v) is 4.45. The molecule has 1 aromatic heterocycles. The second-order valence-corrected chi connectivity index (χ2v) is 6.61. The van der Waals surface area contributed by atoms with E-state index in [1.165, 1.54) is 25.0 Å². The van der Waals surface area contributed by atoms with Gasteiger partial charge in [-0.3, -0.25) is 29.7 Å². The van der Waals surface area contributed by atoms with Crippen molar-refractivity contribution in [1.82, 2.24) is 20.4 Å². The summed E-state index contributed by atoms with van der Waals surface area (Å²) in [5.74, 6) is -1.27. The first-order chi connectivity index (χ1) is 14.3. The Balaban J connectivity index is 2.09. The number of nitrogens with zero attached hydrogens (tertiary/aromatic N) is 2. The molecule has 1 aliphatic rings. The molecule has 0 spiro atoms. The Morgan fingerprint density at radius 2 is 1.87 bits per heavy atom. The highest BCUT2D eigenvalue weighted by Crippen LogP contribution is 2.33. The molecule has 0 saturated carbocycles. The maximum absolute atomic E-state index is 12.2. The van der Waals surface area contributed by atoms with Gasteiger partial charge >= 0.3 is 5.97 Å². The fourth-order valence-corrected chi connectivity index (χ4v) is 3.02. The van der Waals surface area contributed by atoms with Crippen molar-refractivity contribution in [2.75, 3.05) is 14.2 Å². The second-order valence-electron chi connectivity index (χ2n) is 6.21. The predicted octanol–water partition coefficient (Wildman–Crippen LogP) is 0.956. The molecule has 30 heavy (non-hydrogen) atoms.